The van der Waals surface area contributed by atoms with E-state index in [4.69, 9.17) is 24.4 Å². The molecule has 0 fully saturated rings. The SMILES string of the molecule is CC(CCCCOCCCCC(C)CCOCCO)CCOCCO. The summed E-state index contributed by atoms with van der Waals surface area (Å²) in [6.07, 6.45) is 9.30. The molecule has 5 nitrogen and oxygen atoms in total. The number of hydrogen-bond acceptors (Lipinski definition) is 5. The molecular formula is C20H42O5. The smallest absolute Gasteiger partial charge is 0.0697 e. The molecule has 0 aliphatic rings. The topological polar surface area (TPSA) is 68.2 Å². The molecule has 5 heteroatoms. The molecule has 152 valence electrons. The number of hydrogen-bond donors (Lipinski definition) is 2. The Morgan fingerprint density at radius 3 is 1.32 bits per heavy atom. The second-order valence-electron chi connectivity index (χ2n) is 7.06. The molecular weight excluding hydrogens is 320 g/mol. The van der Waals surface area contributed by atoms with E-state index in [0.717, 1.165) is 52.1 Å². The third-order valence-corrected chi connectivity index (χ3v) is 4.45. The summed E-state index contributed by atoms with van der Waals surface area (Å²) in [6, 6.07) is 0. The Labute approximate surface area is 155 Å². The lowest BCUT2D eigenvalue weighted by Crippen LogP contribution is -2.06. The zero-order chi connectivity index (χ0) is 18.6. The van der Waals surface area contributed by atoms with E-state index >= 15 is 0 Å². The Bertz CT molecular complexity index is 226. The molecule has 0 aliphatic carbocycles. The largest absolute Gasteiger partial charge is 0.394 e. The number of aliphatic hydroxyl groups is 2. The molecule has 0 aromatic heterocycles. The maximum atomic E-state index is 8.64. The highest BCUT2D eigenvalue weighted by molar-refractivity contribution is 4.55. The fraction of sp³-hybridized carbons (Fsp3) is 1.00. The van der Waals surface area contributed by atoms with E-state index in [1.165, 1.54) is 25.7 Å². The summed E-state index contributed by atoms with van der Waals surface area (Å²) in [4.78, 5) is 0. The predicted molar refractivity (Wildman–Crippen MR) is 102 cm³/mol. The van der Waals surface area contributed by atoms with Gasteiger partial charge in [-0.25, -0.2) is 0 Å². The Morgan fingerprint density at radius 1 is 0.520 bits per heavy atom. The highest BCUT2D eigenvalue weighted by atomic mass is 16.5. The van der Waals surface area contributed by atoms with Gasteiger partial charge < -0.3 is 24.4 Å². The van der Waals surface area contributed by atoms with Gasteiger partial charge in [-0.3, -0.25) is 0 Å². The van der Waals surface area contributed by atoms with Crippen LogP contribution in [0.5, 0.6) is 0 Å². The van der Waals surface area contributed by atoms with Crippen LogP contribution in [0.2, 0.25) is 0 Å². The Kier molecular flexibility index (Phi) is 20.0. The first-order valence-electron chi connectivity index (χ1n) is 10.2. The van der Waals surface area contributed by atoms with Gasteiger partial charge in [0.05, 0.1) is 26.4 Å². The summed E-state index contributed by atoms with van der Waals surface area (Å²) < 4.78 is 16.3. The quantitative estimate of drug-likeness (QED) is 0.325. The third kappa shape index (κ3) is 20.0. The van der Waals surface area contributed by atoms with E-state index in [9.17, 15) is 0 Å². The van der Waals surface area contributed by atoms with Gasteiger partial charge in [0.25, 0.3) is 0 Å². The lowest BCUT2D eigenvalue weighted by molar-refractivity contribution is 0.0821. The van der Waals surface area contributed by atoms with Gasteiger partial charge >= 0.3 is 0 Å². The second-order valence-corrected chi connectivity index (χ2v) is 7.06. The molecule has 2 unspecified atom stereocenters. The van der Waals surface area contributed by atoms with Gasteiger partial charge in [0.1, 0.15) is 0 Å². The van der Waals surface area contributed by atoms with Crippen LogP contribution >= 0.6 is 0 Å². The standard InChI is InChI=1S/C20H42O5/c1-19(9-15-24-17-11-21)7-3-5-13-23-14-6-4-8-20(2)10-16-25-18-12-22/h19-22H,3-18H2,1-2H3. The second kappa shape index (κ2) is 20.1. The van der Waals surface area contributed by atoms with Crippen molar-refractivity contribution in [2.24, 2.45) is 11.8 Å². The van der Waals surface area contributed by atoms with Crippen LogP contribution in [0.25, 0.3) is 0 Å². The first-order chi connectivity index (χ1) is 12.2. The fourth-order valence-corrected chi connectivity index (χ4v) is 2.69. The van der Waals surface area contributed by atoms with Crippen LogP contribution < -0.4 is 0 Å². The minimum atomic E-state index is 0.115. The summed E-state index contributed by atoms with van der Waals surface area (Å²) in [5.41, 5.74) is 0. The van der Waals surface area contributed by atoms with Crippen molar-refractivity contribution in [3.63, 3.8) is 0 Å². The van der Waals surface area contributed by atoms with Gasteiger partial charge in [0.15, 0.2) is 0 Å². The van der Waals surface area contributed by atoms with Crippen molar-refractivity contribution < 1.29 is 24.4 Å². The van der Waals surface area contributed by atoms with E-state index in [1.807, 2.05) is 0 Å². The van der Waals surface area contributed by atoms with Gasteiger partial charge in [-0.2, -0.15) is 0 Å². The summed E-state index contributed by atoms with van der Waals surface area (Å²) in [5, 5.41) is 17.3. The molecule has 0 amide bonds. The molecule has 0 heterocycles. The Morgan fingerprint density at radius 2 is 0.920 bits per heavy atom. The van der Waals surface area contributed by atoms with E-state index in [0.29, 0.717) is 25.0 Å². The van der Waals surface area contributed by atoms with Crippen molar-refractivity contribution in [2.45, 2.75) is 65.2 Å². The molecule has 2 N–H and O–H groups in total. The van der Waals surface area contributed by atoms with Crippen molar-refractivity contribution in [2.75, 3.05) is 52.9 Å². The average molecular weight is 363 g/mol. The Hall–Kier alpha value is -0.200. The van der Waals surface area contributed by atoms with Crippen LogP contribution in [0.3, 0.4) is 0 Å². The van der Waals surface area contributed by atoms with Gasteiger partial charge in [0, 0.05) is 26.4 Å². The number of ether oxygens (including phenoxy) is 3. The van der Waals surface area contributed by atoms with Crippen LogP contribution in [-0.4, -0.2) is 63.1 Å². The molecule has 0 aromatic rings. The summed E-state index contributed by atoms with van der Waals surface area (Å²) in [5.74, 6) is 1.36. The van der Waals surface area contributed by atoms with Crippen molar-refractivity contribution in [3.8, 4) is 0 Å². The highest BCUT2D eigenvalue weighted by Crippen LogP contribution is 2.13. The monoisotopic (exact) mass is 362 g/mol. The summed E-state index contributed by atoms with van der Waals surface area (Å²) >= 11 is 0. The maximum Gasteiger partial charge on any atom is 0.0697 e. The summed E-state index contributed by atoms with van der Waals surface area (Å²) in [7, 11) is 0. The molecule has 0 radical (unpaired) electrons. The first-order valence-corrected chi connectivity index (χ1v) is 10.2. The van der Waals surface area contributed by atoms with E-state index < -0.39 is 0 Å². The minimum Gasteiger partial charge on any atom is -0.394 e. The zero-order valence-corrected chi connectivity index (χ0v) is 16.6. The molecule has 0 bridgehead atoms. The van der Waals surface area contributed by atoms with Gasteiger partial charge in [-0.1, -0.05) is 39.5 Å². The normalized spacial score (nSPS) is 13.9. The van der Waals surface area contributed by atoms with E-state index in [2.05, 4.69) is 13.8 Å². The third-order valence-electron chi connectivity index (χ3n) is 4.45. The lowest BCUT2D eigenvalue weighted by atomic mass is 10.0. The number of rotatable bonds is 20. The maximum absolute atomic E-state index is 8.64. The Balaban J connectivity index is 3.20. The molecule has 0 saturated heterocycles. The fourth-order valence-electron chi connectivity index (χ4n) is 2.69. The van der Waals surface area contributed by atoms with Gasteiger partial charge in [-0.05, 0) is 37.5 Å². The molecule has 0 saturated carbocycles. The van der Waals surface area contributed by atoms with Crippen molar-refractivity contribution >= 4 is 0 Å². The predicted octanol–water partition coefficient (Wildman–Crippen LogP) is 3.41. The van der Waals surface area contributed by atoms with Crippen molar-refractivity contribution in [1.29, 1.82) is 0 Å². The van der Waals surface area contributed by atoms with Crippen LogP contribution in [0.15, 0.2) is 0 Å². The average Bonchev–Trinajstić information content (AvgIpc) is 2.61. The highest BCUT2D eigenvalue weighted by Gasteiger charge is 2.03. The minimum absolute atomic E-state index is 0.115. The molecule has 25 heavy (non-hydrogen) atoms. The van der Waals surface area contributed by atoms with Crippen LogP contribution in [-0.2, 0) is 14.2 Å². The van der Waals surface area contributed by atoms with E-state index in [1.54, 1.807) is 0 Å². The molecule has 0 spiro atoms. The number of unbranched alkanes of at least 4 members (excludes halogenated alkanes) is 2. The molecule has 0 aromatic carbocycles. The first kappa shape index (κ1) is 24.8. The van der Waals surface area contributed by atoms with Gasteiger partial charge in [0.2, 0.25) is 0 Å². The summed E-state index contributed by atoms with van der Waals surface area (Å²) in [6.45, 7) is 8.92. The van der Waals surface area contributed by atoms with Gasteiger partial charge in [-0.15, -0.1) is 0 Å². The molecule has 0 rings (SSSR count). The van der Waals surface area contributed by atoms with Crippen molar-refractivity contribution in [3.05, 3.63) is 0 Å². The molecule has 0 aliphatic heterocycles. The molecule has 2 atom stereocenters. The number of aliphatic hydroxyl groups excluding tert-OH is 2. The lowest BCUT2D eigenvalue weighted by Gasteiger charge is -2.12. The van der Waals surface area contributed by atoms with E-state index in [-0.39, 0.29) is 13.2 Å². The van der Waals surface area contributed by atoms with Crippen LogP contribution in [0.1, 0.15) is 65.2 Å². The van der Waals surface area contributed by atoms with Crippen LogP contribution in [0.4, 0.5) is 0 Å². The van der Waals surface area contributed by atoms with Crippen molar-refractivity contribution in [1.82, 2.24) is 0 Å². The van der Waals surface area contributed by atoms with Crippen LogP contribution in [0, 0.1) is 11.8 Å². The zero-order valence-electron chi connectivity index (χ0n) is 16.6.